The Balaban J connectivity index is 2.24. The van der Waals surface area contributed by atoms with Gasteiger partial charge in [0.15, 0.2) is 0 Å². The van der Waals surface area contributed by atoms with E-state index in [-0.39, 0.29) is 5.41 Å². The first kappa shape index (κ1) is 18.3. The number of benzene rings is 3. The highest BCUT2D eigenvalue weighted by Gasteiger charge is 2.21. The Bertz CT molecular complexity index is 878. The minimum atomic E-state index is 0.148. The molecule has 0 spiro atoms. The normalized spacial score (nSPS) is 11.5. The zero-order valence-corrected chi connectivity index (χ0v) is 16.8. The SMILES string of the molecule is Cc1cccc(N(c2ccccc2)c2c(C)cc(C(C)(C)C)cc2C)c1. The summed E-state index contributed by atoms with van der Waals surface area (Å²) < 4.78 is 0. The summed E-state index contributed by atoms with van der Waals surface area (Å²) in [7, 11) is 0. The van der Waals surface area contributed by atoms with Crippen LogP contribution < -0.4 is 4.90 Å². The molecule has 3 aromatic rings. The first-order valence-electron chi connectivity index (χ1n) is 9.31. The maximum atomic E-state index is 2.38. The standard InChI is InChI=1S/C25H29N/c1-18-11-10-14-23(15-18)26(22-12-8-7-9-13-22)24-19(2)16-21(17-20(24)3)25(4,5)6/h7-17H,1-6H3. The van der Waals surface area contributed by atoms with E-state index in [1.165, 1.54) is 39.3 Å². The van der Waals surface area contributed by atoms with Crippen LogP contribution >= 0.6 is 0 Å². The summed E-state index contributed by atoms with van der Waals surface area (Å²) in [5.74, 6) is 0. The second-order valence-corrected chi connectivity index (χ2v) is 8.22. The lowest BCUT2D eigenvalue weighted by molar-refractivity contribution is 0.589. The molecule has 0 atom stereocenters. The third-order valence-corrected chi connectivity index (χ3v) is 4.85. The Labute approximate surface area is 158 Å². The Morgan fingerprint density at radius 2 is 1.23 bits per heavy atom. The quantitative estimate of drug-likeness (QED) is 0.479. The van der Waals surface area contributed by atoms with Crippen molar-refractivity contribution in [1.82, 2.24) is 0 Å². The summed E-state index contributed by atoms with van der Waals surface area (Å²) >= 11 is 0. The van der Waals surface area contributed by atoms with Gasteiger partial charge in [-0.25, -0.2) is 0 Å². The van der Waals surface area contributed by atoms with Gasteiger partial charge in [-0.15, -0.1) is 0 Å². The van der Waals surface area contributed by atoms with Crippen LogP contribution in [0.4, 0.5) is 17.1 Å². The highest BCUT2D eigenvalue weighted by Crippen LogP contribution is 2.40. The molecular weight excluding hydrogens is 314 g/mol. The van der Waals surface area contributed by atoms with E-state index >= 15 is 0 Å². The summed E-state index contributed by atoms with van der Waals surface area (Å²) in [4.78, 5) is 2.38. The lowest BCUT2D eigenvalue weighted by atomic mass is 9.84. The van der Waals surface area contributed by atoms with Crippen LogP contribution in [0, 0.1) is 20.8 Å². The zero-order chi connectivity index (χ0) is 18.9. The van der Waals surface area contributed by atoms with Crippen molar-refractivity contribution in [2.45, 2.75) is 47.0 Å². The van der Waals surface area contributed by atoms with Gasteiger partial charge in [-0.1, -0.05) is 63.2 Å². The molecule has 3 aromatic carbocycles. The van der Waals surface area contributed by atoms with Crippen LogP contribution in [0.25, 0.3) is 0 Å². The van der Waals surface area contributed by atoms with Crippen molar-refractivity contribution in [3.05, 3.63) is 89.0 Å². The average molecular weight is 344 g/mol. The van der Waals surface area contributed by atoms with E-state index in [1.54, 1.807) is 0 Å². The third-order valence-electron chi connectivity index (χ3n) is 4.85. The van der Waals surface area contributed by atoms with Crippen LogP contribution in [0.2, 0.25) is 0 Å². The maximum absolute atomic E-state index is 2.38. The number of anilines is 3. The number of rotatable bonds is 3. The second kappa shape index (κ2) is 6.99. The fraction of sp³-hybridized carbons (Fsp3) is 0.280. The predicted octanol–water partition coefficient (Wildman–Crippen LogP) is 7.38. The highest BCUT2D eigenvalue weighted by atomic mass is 15.1. The minimum Gasteiger partial charge on any atom is -0.310 e. The number of para-hydroxylation sites is 1. The summed E-state index contributed by atoms with van der Waals surface area (Å²) in [5.41, 5.74) is 9.07. The van der Waals surface area contributed by atoms with E-state index in [2.05, 4.69) is 113 Å². The van der Waals surface area contributed by atoms with Gasteiger partial charge in [-0.3, -0.25) is 0 Å². The first-order chi connectivity index (χ1) is 12.3. The topological polar surface area (TPSA) is 3.24 Å². The fourth-order valence-electron chi connectivity index (χ4n) is 3.49. The smallest absolute Gasteiger partial charge is 0.0520 e. The lowest BCUT2D eigenvalue weighted by Gasteiger charge is -2.31. The van der Waals surface area contributed by atoms with Crippen molar-refractivity contribution in [3.8, 4) is 0 Å². The fourth-order valence-corrected chi connectivity index (χ4v) is 3.49. The largest absolute Gasteiger partial charge is 0.310 e. The molecule has 0 saturated heterocycles. The summed E-state index contributed by atoms with van der Waals surface area (Å²) in [6.07, 6.45) is 0. The van der Waals surface area contributed by atoms with Gasteiger partial charge in [0.25, 0.3) is 0 Å². The summed E-state index contributed by atoms with van der Waals surface area (Å²) in [5, 5.41) is 0. The highest BCUT2D eigenvalue weighted by molar-refractivity contribution is 5.80. The molecule has 1 heteroatoms. The monoisotopic (exact) mass is 343 g/mol. The number of aryl methyl sites for hydroxylation is 3. The molecule has 26 heavy (non-hydrogen) atoms. The molecule has 0 unspecified atom stereocenters. The summed E-state index contributed by atoms with van der Waals surface area (Å²) in [6, 6.07) is 24.0. The van der Waals surface area contributed by atoms with E-state index in [4.69, 9.17) is 0 Å². The minimum absolute atomic E-state index is 0.148. The maximum Gasteiger partial charge on any atom is 0.0520 e. The molecule has 0 heterocycles. The lowest BCUT2D eigenvalue weighted by Crippen LogP contribution is -2.16. The molecule has 0 aliphatic rings. The van der Waals surface area contributed by atoms with Crippen molar-refractivity contribution in [2.75, 3.05) is 4.90 Å². The molecule has 1 nitrogen and oxygen atoms in total. The Morgan fingerprint density at radius 3 is 1.77 bits per heavy atom. The second-order valence-electron chi connectivity index (χ2n) is 8.22. The number of nitrogens with zero attached hydrogens (tertiary/aromatic N) is 1. The van der Waals surface area contributed by atoms with Crippen LogP contribution in [0.3, 0.4) is 0 Å². The molecule has 134 valence electrons. The molecule has 0 aliphatic heterocycles. The van der Waals surface area contributed by atoms with Crippen molar-refractivity contribution in [3.63, 3.8) is 0 Å². The van der Waals surface area contributed by atoms with Gasteiger partial charge < -0.3 is 4.90 Å². The van der Waals surface area contributed by atoms with Gasteiger partial charge in [-0.2, -0.15) is 0 Å². The molecule has 3 rings (SSSR count). The van der Waals surface area contributed by atoms with Crippen LogP contribution in [-0.4, -0.2) is 0 Å². The van der Waals surface area contributed by atoms with Gasteiger partial charge in [0.2, 0.25) is 0 Å². The number of hydrogen-bond donors (Lipinski definition) is 0. The van der Waals surface area contributed by atoms with Gasteiger partial charge in [0, 0.05) is 11.4 Å². The van der Waals surface area contributed by atoms with E-state index in [0.29, 0.717) is 0 Å². The molecule has 0 radical (unpaired) electrons. The average Bonchev–Trinajstić information content (AvgIpc) is 2.58. The Kier molecular flexibility index (Phi) is 4.91. The molecule has 0 fully saturated rings. The predicted molar refractivity (Wildman–Crippen MR) is 114 cm³/mol. The summed E-state index contributed by atoms with van der Waals surface area (Å²) in [6.45, 7) is 13.4. The van der Waals surface area contributed by atoms with E-state index in [0.717, 1.165) is 0 Å². The zero-order valence-electron chi connectivity index (χ0n) is 16.8. The third kappa shape index (κ3) is 3.67. The van der Waals surface area contributed by atoms with Crippen LogP contribution in [-0.2, 0) is 5.41 Å². The molecule has 0 aromatic heterocycles. The van der Waals surface area contributed by atoms with Crippen LogP contribution in [0.5, 0.6) is 0 Å². The van der Waals surface area contributed by atoms with Gasteiger partial charge in [0.1, 0.15) is 0 Å². The van der Waals surface area contributed by atoms with E-state index in [9.17, 15) is 0 Å². The van der Waals surface area contributed by atoms with Crippen molar-refractivity contribution in [1.29, 1.82) is 0 Å². The van der Waals surface area contributed by atoms with Gasteiger partial charge in [0.05, 0.1) is 5.69 Å². The molecule has 0 aliphatic carbocycles. The molecule has 0 amide bonds. The van der Waals surface area contributed by atoms with Crippen molar-refractivity contribution in [2.24, 2.45) is 0 Å². The van der Waals surface area contributed by atoms with Crippen LogP contribution in [0.15, 0.2) is 66.7 Å². The van der Waals surface area contributed by atoms with E-state index in [1.807, 2.05) is 0 Å². The molecule has 0 N–H and O–H groups in total. The van der Waals surface area contributed by atoms with Gasteiger partial charge >= 0.3 is 0 Å². The first-order valence-corrected chi connectivity index (χ1v) is 9.31. The number of hydrogen-bond acceptors (Lipinski definition) is 1. The Hall–Kier alpha value is -2.54. The van der Waals surface area contributed by atoms with Gasteiger partial charge in [-0.05, 0) is 72.7 Å². The molecule has 0 bridgehead atoms. The molecular formula is C25H29N. The van der Waals surface area contributed by atoms with Crippen molar-refractivity contribution < 1.29 is 0 Å². The van der Waals surface area contributed by atoms with Crippen LogP contribution in [0.1, 0.15) is 43.0 Å². The van der Waals surface area contributed by atoms with E-state index < -0.39 is 0 Å². The van der Waals surface area contributed by atoms with Crippen molar-refractivity contribution >= 4 is 17.1 Å². The Morgan fingerprint density at radius 1 is 0.654 bits per heavy atom. The molecule has 0 saturated carbocycles.